The first-order valence-electron chi connectivity index (χ1n) is 9.11. The molecule has 144 valence electrons. The number of hydrogen-bond acceptors (Lipinski definition) is 4. The summed E-state index contributed by atoms with van der Waals surface area (Å²) < 4.78 is 10.4. The van der Waals surface area contributed by atoms with Crippen molar-refractivity contribution in [2.24, 2.45) is 0 Å². The molecule has 3 aromatic carbocycles. The van der Waals surface area contributed by atoms with Gasteiger partial charge in [0.2, 0.25) is 0 Å². The van der Waals surface area contributed by atoms with Crippen molar-refractivity contribution in [3.8, 4) is 11.5 Å². The van der Waals surface area contributed by atoms with Gasteiger partial charge in [-0.1, -0.05) is 24.3 Å². The number of anilines is 2. The maximum Gasteiger partial charge on any atom is 0.259 e. The van der Waals surface area contributed by atoms with Crippen molar-refractivity contribution in [3.05, 3.63) is 83.9 Å². The third kappa shape index (κ3) is 5.04. The summed E-state index contributed by atoms with van der Waals surface area (Å²) in [6, 6.07) is 22.9. The van der Waals surface area contributed by atoms with Crippen LogP contribution in [0, 0.1) is 0 Å². The molecule has 0 unspecified atom stereocenters. The van der Waals surface area contributed by atoms with Gasteiger partial charge in [-0.05, 0) is 60.5 Å². The lowest BCUT2D eigenvalue weighted by atomic mass is 10.1. The molecule has 0 heterocycles. The Balaban J connectivity index is 1.52. The highest BCUT2D eigenvalue weighted by atomic mass is 16.5. The van der Waals surface area contributed by atoms with Crippen molar-refractivity contribution in [1.82, 2.24) is 0 Å². The van der Waals surface area contributed by atoms with E-state index in [1.165, 1.54) is 5.56 Å². The molecule has 5 heteroatoms. The minimum Gasteiger partial charge on any atom is -0.497 e. The summed E-state index contributed by atoms with van der Waals surface area (Å²) in [7, 11) is 3.22. The van der Waals surface area contributed by atoms with Crippen LogP contribution in [0.2, 0.25) is 0 Å². The lowest BCUT2D eigenvalue weighted by Gasteiger charge is -2.11. The fourth-order valence-electron chi connectivity index (χ4n) is 2.85. The Kier molecular flexibility index (Phi) is 6.52. The van der Waals surface area contributed by atoms with E-state index in [0.717, 1.165) is 30.1 Å². The summed E-state index contributed by atoms with van der Waals surface area (Å²) in [6.07, 6.45) is 0.913. The fourth-order valence-corrected chi connectivity index (χ4v) is 2.85. The monoisotopic (exact) mass is 376 g/mol. The van der Waals surface area contributed by atoms with Gasteiger partial charge in [0.15, 0.2) is 0 Å². The Bertz CT molecular complexity index is 906. The van der Waals surface area contributed by atoms with E-state index in [-0.39, 0.29) is 5.91 Å². The van der Waals surface area contributed by atoms with E-state index in [4.69, 9.17) is 9.47 Å². The second-order valence-electron chi connectivity index (χ2n) is 6.26. The first kappa shape index (κ1) is 19.3. The second kappa shape index (κ2) is 9.46. The Morgan fingerprint density at radius 1 is 0.821 bits per heavy atom. The van der Waals surface area contributed by atoms with Gasteiger partial charge < -0.3 is 20.1 Å². The second-order valence-corrected chi connectivity index (χ2v) is 6.26. The molecular weight excluding hydrogens is 352 g/mol. The topological polar surface area (TPSA) is 59.6 Å². The highest BCUT2D eigenvalue weighted by Gasteiger charge is 2.11. The molecule has 0 aliphatic carbocycles. The minimum atomic E-state index is -0.197. The summed E-state index contributed by atoms with van der Waals surface area (Å²) >= 11 is 0. The number of hydrogen-bond donors (Lipinski definition) is 2. The van der Waals surface area contributed by atoms with E-state index >= 15 is 0 Å². The highest BCUT2D eigenvalue weighted by Crippen LogP contribution is 2.20. The number of amides is 1. The number of ether oxygens (including phenoxy) is 2. The van der Waals surface area contributed by atoms with Gasteiger partial charge >= 0.3 is 0 Å². The number of nitrogens with one attached hydrogen (secondary N) is 2. The number of carbonyl (C=O) groups excluding carboxylic acids is 1. The van der Waals surface area contributed by atoms with Crippen molar-refractivity contribution in [2.75, 3.05) is 31.4 Å². The Labute approximate surface area is 165 Å². The Hall–Kier alpha value is -3.47. The van der Waals surface area contributed by atoms with E-state index in [1.54, 1.807) is 26.4 Å². The first-order valence-corrected chi connectivity index (χ1v) is 9.11. The molecule has 5 nitrogen and oxygen atoms in total. The zero-order valence-electron chi connectivity index (χ0n) is 16.1. The minimum absolute atomic E-state index is 0.197. The summed E-state index contributed by atoms with van der Waals surface area (Å²) in [4.78, 5) is 12.4. The number of rotatable bonds is 8. The van der Waals surface area contributed by atoms with Crippen LogP contribution < -0.4 is 20.1 Å². The molecule has 0 aliphatic rings. The number of benzene rings is 3. The summed E-state index contributed by atoms with van der Waals surface area (Å²) in [5.74, 6) is 1.22. The lowest BCUT2D eigenvalue weighted by Crippen LogP contribution is -2.13. The molecule has 1 amide bonds. The number of carbonyl (C=O) groups is 1. The summed E-state index contributed by atoms with van der Waals surface area (Å²) in [6.45, 7) is 0.819. The Morgan fingerprint density at radius 2 is 1.50 bits per heavy atom. The van der Waals surface area contributed by atoms with Crippen LogP contribution in [0.1, 0.15) is 15.9 Å². The third-order valence-corrected chi connectivity index (χ3v) is 4.40. The standard InChI is InChI=1S/C23H24N2O3/c1-27-20-13-7-17(8-14-20)15-16-24-18-9-11-19(12-10-18)25-23(26)21-5-3-4-6-22(21)28-2/h3-14,24H,15-16H2,1-2H3,(H,25,26). The van der Waals surface area contributed by atoms with Gasteiger partial charge in [-0.2, -0.15) is 0 Å². The molecule has 0 saturated carbocycles. The maximum atomic E-state index is 12.4. The van der Waals surface area contributed by atoms with Gasteiger partial charge in [-0.15, -0.1) is 0 Å². The van der Waals surface area contributed by atoms with Crippen LogP contribution in [0.3, 0.4) is 0 Å². The average molecular weight is 376 g/mol. The molecule has 0 fully saturated rings. The van der Waals surface area contributed by atoms with Crippen LogP contribution in [-0.2, 0) is 6.42 Å². The van der Waals surface area contributed by atoms with E-state index in [2.05, 4.69) is 22.8 Å². The van der Waals surface area contributed by atoms with Crippen LogP contribution in [0.4, 0.5) is 11.4 Å². The smallest absolute Gasteiger partial charge is 0.259 e. The maximum absolute atomic E-state index is 12.4. The summed E-state index contributed by atoms with van der Waals surface area (Å²) in [5.41, 5.74) is 3.49. The molecule has 0 bridgehead atoms. The first-order chi connectivity index (χ1) is 13.7. The normalized spacial score (nSPS) is 10.2. The van der Waals surface area contributed by atoms with Gasteiger partial charge in [-0.3, -0.25) is 4.79 Å². The van der Waals surface area contributed by atoms with Gasteiger partial charge in [0.25, 0.3) is 5.91 Å². The molecule has 2 N–H and O–H groups in total. The zero-order valence-corrected chi connectivity index (χ0v) is 16.1. The molecule has 28 heavy (non-hydrogen) atoms. The van der Waals surface area contributed by atoms with Crippen LogP contribution in [0.5, 0.6) is 11.5 Å². The van der Waals surface area contributed by atoms with E-state index in [1.807, 2.05) is 48.5 Å². The highest BCUT2D eigenvalue weighted by molar-refractivity contribution is 6.06. The Morgan fingerprint density at radius 3 is 2.18 bits per heavy atom. The van der Waals surface area contributed by atoms with Crippen molar-refractivity contribution < 1.29 is 14.3 Å². The fraction of sp³-hybridized carbons (Fsp3) is 0.174. The summed E-state index contributed by atoms with van der Waals surface area (Å²) in [5, 5.41) is 6.28. The zero-order chi connectivity index (χ0) is 19.8. The van der Waals surface area contributed by atoms with Crippen LogP contribution in [0.25, 0.3) is 0 Å². The van der Waals surface area contributed by atoms with Gasteiger partial charge in [-0.25, -0.2) is 0 Å². The van der Waals surface area contributed by atoms with Crippen molar-refractivity contribution >= 4 is 17.3 Å². The molecule has 0 aliphatic heterocycles. The predicted molar refractivity (Wildman–Crippen MR) is 113 cm³/mol. The largest absolute Gasteiger partial charge is 0.497 e. The van der Waals surface area contributed by atoms with Gasteiger partial charge in [0.05, 0.1) is 19.8 Å². The van der Waals surface area contributed by atoms with Gasteiger partial charge in [0, 0.05) is 17.9 Å². The third-order valence-electron chi connectivity index (χ3n) is 4.40. The lowest BCUT2D eigenvalue weighted by molar-refractivity contribution is 0.102. The number of methoxy groups -OCH3 is 2. The average Bonchev–Trinajstić information content (AvgIpc) is 2.75. The van der Waals surface area contributed by atoms with E-state index in [0.29, 0.717) is 11.3 Å². The predicted octanol–water partition coefficient (Wildman–Crippen LogP) is 4.61. The molecular formula is C23H24N2O3. The molecule has 0 saturated heterocycles. The van der Waals surface area contributed by atoms with Crippen molar-refractivity contribution in [3.63, 3.8) is 0 Å². The van der Waals surface area contributed by atoms with E-state index < -0.39 is 0 Å². The van der Waals surface area contributed by atoms with E-state index in [9.17, 15) is 4.79 Å². The van der Waals surface area contributed by atoms with Gasteiger partial charge in [0.1, 0.15) is 11.5 Å². The molecule has 3 aromatic rings. The van der Waals surface area contributed by atoms with Crippen LogP contribution in [0.15, 0.2) is 72.8 Å². The number of para-hydroxylation sites is 1. The van der Waals surface area contributed by atoms with Crippen molar-refractivity contribution in [1.29, 1.82) is 0 Å². The molecule has 0 spiro atoms. The SMILES string of the molecule is COc1ccc(CCNc2ccc(NC(=O)c3ccccc3OC)cc2)cc1. The molecule has 0 aromatic heterocycles. The van der Waals surface area contributed by atoms with Crippen LogP contribution >= 0.6 is 0 Å². The molecule has 0 radical (unpaired) electrons. The van der Waals surface area contributed by atoms with Crippen molar-refractivity contribution in [2.45, 2.75) is 6.42 Å². The quantitative estimate of drug-likeness (QED) is 0.603. The molecule has 3 rings (SSSR count). The molecule has 0 atom stereocenters. The van der Waals surface area contributed by atoms with Crippen LogP contribution in [-0.4, -0.2) is 26.7 Å².